The van der Waals surface area contributed by atoms with E-state index in [0.717, 1.165) is 0 Å². The third-order valence-electron chi connectivity index (χ3n) is 13.5. The minimum absolute atomic E-state index is 0.180. The maximum Gasteiger partial charge on any atom is 0.311 e. The molecule has 58 heavy (non-hydrogen) atoms. The van der Waals surface area contributed by atoms with Crippen LogP contribution in [0, 0.1) is 23.7 Å². The summed E-state index contributed by atoms with van der Waals surface area (Å²) in [5.41, 5.74) is -3.78. The third kappa shape index (κ3) is 10.2. The van der Waals surface area contributed by atoms with E-state index in [1.165, 1.54) is 0 Å². The molecule has 2 N–H and O–H groups in total. The molecule has 334 valence electrons. The minimum Gasteiger partial charge on any atom is -0.461 e. The molecule has 14 heteroatoms. The van der Waals surface area contributed by atoms with Gasteiger partial charge in [-0.25, -0.2) is 0 Å². The molecule has 4 fully saturated rings. The van der Waals surface area contributed by atoms with Crippen LogP contribution in [0.2, 0.25) is 0 Å². The molecule has 0 aromatic rings. The maximum absolute atomic E-state index is 14.0. The van der Waals surface area contributed by atoms with Crippen molar-refractivity contribution in [1.82, 2.24) is 20.8 Å². The number of hydrogen-bond donors (Lipinski definition) is 2. The highest BCUT2D eigenvalue weighted by molar-refractivity contribution is 5.77. The topological polar surface area (TPSA) is 154 Å². The predicted octanol–water partition coefficient (Wildman–Crippen LogP) is 5.89. The molecular weight excluding hydrogens is 745 g/mol. The van der Waals surface area contributed by atoms with Crippen LogP contribution in [0.4, 0.5) is 0 Å². The molecule has 4 rings (SSSR count). The van der Waals surface area contributed by atoms with E-state index < -0.39 is 93.0 Å². The van der Waals surface area contributed by atoms with Crippen LogP contribution in [0.15, 0.2) is 0 Å². The Morgan fingerprint density at radius 2 is 0.810 bits per heavy atom. The van der Waals surface area contributed by atoms with Gasteiger partial charge in [-0.2, -0.15) is 10.1 Å². The van der Waals surface area contributed by atoms with Crippen molar-refractivity contribution in [3.63, 3.8) is 0 Å². The van der Waals surface area contributed by atoms with E-state index >= 15 is 0 Å². The van der Waals surface area contributed by atoms with Gasteiger partial charge in [-0.15, -0.1) is 0 Å². The van der Waals surface area contributed by atoms with Crippen LogP contribution in [0.3, 0.4) is 0 Å². The minimum atomic E-state index is -0.864. The highest BCUT2D eigenvalue weighted by atomic mass is 16.7. The van der Waals surface area contributed by atoms with Gasteiger partial charge in [0, 0.05) is 33.2 Å². The van der Waals surface area contributed by atoms with Gasteiger partial charge in [0.2, 0.25) is 0 Å². The maximum atomic E-state index is 14.0. The molecule has 0 aliphatic carbocycles. The van der Waals surface area contributed by atoms with E-state index in [1.54, 1.807) is 14.2 Å². The summed E-state index contributed by atoms with van der Waals surface area (Å²) in [5, 5.41) is 10.8. The molecule has 6 unspecified atom stereocenters. The second kappa shape index (κ2) is 16.5. The van der Waals surface area contributed by atoms with Crippen molar-refractivity contribution in [3.8, 4) is 0 Å². The van der Waals surface area contributed by atoms with Crippen LogP contribution >= 0.6 is 0 Å². The summed E-state index contributed by atoms with van der Waals surface area (Å²) in [7, 11) is 3.20. The van der Waals surface area contributed by atoms with Gasteiger partial charge in [0.05, 0.1) is 49.0 Å². The molecule has 0 aromatic carbocycles. The Bertz CT molecular complexity index is 1420. The highest BCUT2D eigenvalue weighted by Crippen LogP contribution is 2.47. The van der Waals surface area contributed by atoms with Gasteiger partial charge in [0.15, 0.2) is 0 Å². The first-order valence-corrected chi connectivity index (χ1v) is 21.2. The van der Waals surface area contributed by atoms with Crippen molar-refractivity contribution >= 4 is 23.9 Å². The van der Waals surface area contributed by atoms with Crippen molar-refractivity contribution in [1.29, 1.82) is 0 Å². The average molecular weight is 823 g/mol. The van der Waals surface area contributed by atoms with Gasteiger partial charge in [-0.1, -0.05) is 0 Å². The first-order valence-electron chi connectivity index (χ1n) is 21.2. The summed E-state index contributed by atoms with van der Waals surface area (Å²) in [6.45, 7) is 31.7. The molecule has 0 saturated carbocycles. The predicted molar refractivity (Wildman–Crippen MR) is 220 cm³/mol. The number of carbonyl (C=O) groups is 4. The lowest BCUT2D eigenvalue weighted by molar-refractivity contribution is -0.225. The number of esters is 4. The molecule has 4 heterocycles. The number of hydroxylamine groups is 4. The van der Waals surface area contributed by atoms with E-state index in [0.29, 0.717) is 25.7 Å². The molecule has 4 aliphatic rings. The van der Waals surface area contributed by atoms with Crippen molar-refractivity contribution < 1.29 is 47.8 Å². The largest absolute Gasteiger partial charge is 0.461 e. The van der Waals surface area contributed by atoms with Crippen molar-refractivity contribution in [3.05, 3.63) is 0 Å². The van der Waals surface area contributed by atoms with Crippen LogP contribution in [0.25, 0.3) is 0 Å². The molecular formula is C44H78N4O10. The molecule has 4 saturated heterocycles. The number of ether oxygens (including phenoxy) is 4. The van der Waals surface area contributed by atoms with Crippen LogP contribution in [0.1, 0.15) is 149 Å². The van der Waals surface area contributed by atoms with Gasteiger partial charge in [0.25, 0.3) is 0 Å². The monoisotopic (exact) mass is 823 g/mol. The zero-order valence-electron chi connectivity index (χ0n) is 39.1. The van der Waals surface area contributed by atoms with Crippen molar-refractivity contribution in [2.75, 3.05) is 27.4 Å². The average Bonchev–Trinajstić information content (AvgIpc) is 3.59. The Morgan fingerprint density at radius 1 is 0.500 bits per heavy atom. The third-order valence-corrected chi connectivity index (χ3v) is 13.5. The Hall–Kier alpha value is -2.36. The molecule has 14 nitrogen and oxygen atoms in total. The van der Waals surface area contributed by atoms with Crippen LogP contribution in [-0.2, 0) is 47.8 Å². The SMILES string of the molecule is CON1C(C)(C)CC(C(=O)OCC(CCC(COC(=O)C2CC(C)(C)N(OC)C2(C)C)OC(=O)C2CC(C)(C)NC2(C)C)OC(=O)C2CC(C)(C)NC2(C)C)C1(C)C. The fourth-order valence-corrected chi connectivity index (χ4v) is 11.3. The van der Waals surface area contributed by atoms with Gasteiger partial charge >= 0.3 is 23.9 Å². The molecule has 6 atom stereocenters. The molecule has 4 aliphatic heterocycles. The van der Waals surface area contributed by atoms with Gasteiger partial charge in [0.1, 0.15) is 25.4 Å². The first kappa shape index (κ1) is 48.3. The Labute approximate surface area is 348 Å². The van der Waals surface area contributed by atoms with Crippen molar-refractivity contribution in [2.24, 2.45) is 23.7 Å². The van der Waals surface area contributed by atoms with Crippen LogP contribution in [-0.4, -0.2) is 118 Å². The second-order valence-corrected chi connectivity index (χ2v) is 22.3. The van der Waals surface area contributed by atoms with E-state index in [4.69, 9.17) is 28.6 Å². The fourth-order valence-electron chi connectivity index (χ4n) is 11.3. The number of rotatable bonds is 15. The summed E-state index contributed by atoms with van der Waals surface area (Å²) in [6, 6.07) is 0. The van der Waals surface area contributed by atoms with E-state index in [2.05, 4.69) is 38.3 Å². The lowest BCUT2D eigenvalue weighted by Crippen LogP contribution is -2.50. The van der Waals surface area contributed by atoms with Gasteiger partial charge in [-0.05, 0) is 149 Å². The summed E-state index contributed by atoms with van der Waals surface area (Å²) < 4.78 is 24.5. The molecule has 0 bridgehead atoms. The lowest BCUT2D eigenvalue weighted by atomic mass is 9.87. The fraction of sp³-hybridized carbons (Fsp3) is 0.909. The van der Waals surface area contributed by atoms with Crippen LogP contribution in [0.5, 0.6) is 0 Å². The zero-order valence-corrected chi connectivity index (χ0v) is 39.1. The Balaban J connectivity index is 1.57. The number of nitrogens with zero attached hydrogens (tertiary/aromatic N) is 2. The first-order chi connectivity index (χ1) is 26.2. The Morgan fingerprint density at radius 3 is 1.05 bits per heavy atom. The van der Waals surface area contributed by atoms with E-state index in [1.807, 2.05) is 93.2 Å². The molecule has 0 radical (unpaired) electrons. The van der Waals surface area contributed by atoms with Gasteiger partial charge in [-0.3, -0.25) is 19.2 Å². The smallest absolute Gasteiger partial charge is 0.311 e. The zero-order chi connectivity index (χ0) is 44.2. The molecule has 0 aromatic heterocycles. The Kier molecular flexibility index (Phi) is 13.7. The second-order valence-electron chi connectivity index (χ2n) is 22.3. The number of nitrogens with one attached hydrogen (secondary N) is 2. The summed E-state index contributed by atoms with van der Waals surface area (Å²) in [5.74, 6) is -3.53. The number of carbonyl (C=O) groups excluding carboxylic acids is 4. The normalized spacial score (nSPS) is 31.0. The molecule has 0 spiro atoms. The summed E-state index contributed by atoms with van der Waals surface area (Å²) in [4.78, 5) is 67.1. The van der Waals surface area contributed by atoms with Crippen LogP contribution < -0.4 is 10.6 Å². The van der Waals surface area contributed by atoms with E-state index in [9.17, 15) is 19.2 Å². The lowest BCUT2D eigenvalue weighted by Gasteiger charge is -2.38. The van der Waals surface area contributed by atoms with E-state index in [-0.39, 0.29) is 37.1 Å². The highest BCUT2D eigenvalue weighted by Gasteiger charge is 2.57. The summed E-state index contributed by atoms with van der Waals surface area (Å²) >= 11 is 0. The molecule has 0 amide bonds. The summed E-state index contributed by atoms with van der Waals surface area (Å²) in [6.07, 6.45) is 0.787. The van der Waals surface area contributed by atoms with Crippen molar-refractivity contribution in [2.45, 2.75) is 206 Å². The standard InChI is InChI=1S/C44H78N4O10/c1-37(2)21-29(41(9,10)45-37)35(51)57-27(25-55-33(49)31-23-39(5,6)47(53-17)43(31,13)14)19-20-28(58-36(52)30-22-38(3,4)46-42(30,11)12)26-56-34(50)32-24-40(7,8)48(54-18)44(32,15)16/h27-32,45-46H,19-26H2,1-18H3. The quantitative estimate of drug-likeness (QED) is 0.149. The van der Waals surface area contributed by atoms with Gasteiger partial charge < -0.3 is 39.3 Å². The number of hydrogen-bond acceptors (Lipinski definition) is 14.